The molecule has 0 aromatic heterocycles. The van der Waals surface area contributed by atoms with Crippen molar-refractivity contribution in [2.24, 2.45) is 5.92 Å². The first-order chi connectivity index (χ1) is 12.0. The molecule has 0 unspecified atom stereocenters. The van der Waals surface area contributed by atoms with Crippen molar-refractivity contribution < 1.29 is 13.2 Å². The van der Waals surface area contributed by atoms with Crippen LogP contribution in [0.5, 0.6) is 0 Å². The Hall–Kier alpha value is -1.40. The molecule has 146 valence electrons. The normalized spacial score (nSPS) is 17.4. The maximum Gasteiger partial charge on any atom is 0.241 e. The number of hydrogen-bond acceptors (Lipinski definition) is 3. The summed E-state index contributed by atoms with van der Waals surface area (Å²) in [4.78, 5) is 14.8. The molecule has 1 aromatic carbocycles. The third-order valence-electron chi connectivity index (χ3n) is 4.91. The van der Waals surface area contributed by atoms with Crippen LogP contribution in [0.1, 0.15) is 59.4 Å². The van der Waals surface area contributed by atoms with Crippen LogP contribution in [-0.2, 0) is 20.2 Å². The van der Waals surface area contributed by atoms with E-state index in [4.69, 9.17) is 0 Å². The van der Waals surface area contributed by atoms with Gasteiger partial charge in [-0.25, -0.2) is 8.42 Å². The molecule has 2 rings (SSSR count). The Bertz CT molecular complexity index is 712. The molecule has 1 aromatic rings. The van der Waals surface area contributed by atoms with Crippen molar-refractivity contribution in [3.63, 3.8) is 0 Å². The summed E-state index contributed by atoms with van der Waals surface area (Å²) in [6, 6.07) is 6.18. The molecule has 0 spiro atoms. The second-order valence-corrected chi connectivity index (χ2v) is 10.2. The Balaban J connectivity index is 2.19. The summed E-state index contributed by atoms with van der Waals surface area (Å²) in [5, 5.41) is 0. The van der Waals surface area contributed by atoms with Crippen LogP contribution >= 0.6 is 0 Å². The number of amides is 1. The number of likely N-dealkylation sites (tertiary alicyclic amines) is 1. The van der Waals surface area contributed by atoms with Crippen molar-refractivity contribution in [1.29, 1.82) is 0 Å². The average molecular weight is 381 g/mol. The van der Waals surface area contributed by atoms with Crippen LogP contribution in [0.2, 0.25) is 0 Å². The molecular formula is C20H32N2O3S. The lowest BCUT2D eigenvalue weighted by atomic mass is 9.87. The number of hydrogen-bond donors (Lipinski definition) is 1. The van der Waals surface area contributed by atoms with Gasteiger partial charge in [-0.2, -0.15) is 4.72 Å². The van der Waals surface area contributed by atoms with E-state index >= 15 is 0 Å². The third-order valence-corrected chi connectivity index (χ3v) is 6.37. The summed E-state index contributed by atoms with van der Waals surface area (Å²) < 4.78 is 28.3. The fraction of sp³-hybridized carbons (Fsp3) is 0.650. The van der Waals surface area contributed by atoms with E-state index in [1.807, 2.05) is 26.0 Å². The number of nitrogens with one attached hydrogen (secondary N) is 1. The summed E-state index contributed by atoms with van der Waals surface area (Å²) in [5.74, 6) is -0.234. The van der Waals surface area contributed by atoms with E-state index < -0.39 is 16.1 Å². The number of carbonyl (C=O) groups excluding carboxylic acids is 1. The predicted octanol–water partition coefficient (Wildman–Crippen LogP) is 3.30. The maximum atomic E-state index is 12.8. The zero-order valence-electron chi connectivity index (χ0n) is 16.6. The van der Waals surface area contributed by atoms with Gasteiger partial charge >= 0.3 is 0 Å². The average Bonchev–Trinajstić information content (AvgIpc) is 2.59. The first-order valence-electron chi connectivity index (χ1n) is 9.44. The van der Waals surface area contributed by atoms with Crippen molar-refractivity contribution >= 4 is 15.9 Å². The van der Waals surface area contributed by atoms with Gasteiger partial charge in [0.1, 0.15) is 6.04 Å². The number of carbonyl (C=O) groups is 1. The Morgan fingerprint density at radius 3 is 2.04 bits per heavy atom. The van der Waals surface area contributed by atoms with E-state index in [9.17, 15) is 13.2 Å². The van der Waals surface area contributed by atoms with Gasteiger partial charge in [0.2, 0.25) is 15.9 Å². The van der Waals surface area contributed by atoms with Crippen LogP contribution in [0.25, 0.3) is 0 Å². The lowest BCUT2D eigenvalue weighted by molar-refractivity contribution is -0.134. The van der Waals surface area contributed by atoms with E-state index in [0.29, 0.717) is 13.1 Å². The highest BCUT2D eigenvalue weighted by Crippen LogP contribution is 2.24. The lowest BCUT2D eigenvalue weighted by Crippen LogP contribution is -2.52. The third kappa shape index (κ3) is 5.07. The standard InChI is InChI=1S/C20H32N2O3S/c1-15(2)18(19(23)22-13-7-6-8-14-22)21-26(24,25)17-11-9-16(10-12-17)20(3,4)5/h9-12,15,18,21H,6-8,13-14H2,1-5H3/t18-/m0/s1. The number of sulfonamides is 1. The molecule has 6 heteroatoms. The molecule has 0 aliphatic carbocycles. The van der Waals surface area contributed by atoms with Crippen LogP contribution in [0.4, 0.5) is 0 Å². The quantitative estimate of drug-likeness (QED) is 0.852. The smallest absolute Gasteiger partial charge is 0.241 e. The van der Waals surface area contributed by atoms with Crippen LogP contribution in [0.3, 0.4) is 0 Å². The van der Waals surface area contributed by atoms with Gasteiger partial charge in [0.25, 0.3) is 0 Å². The first-order valence-corrected chi connectivity index (χ1v) is 10.9. The second kappa shape index (κ2) is 8.09. The lowest BCUT2D eigenvalue weighted by Gasteiger charge is -2.32. The van der Waals surface area contributed by atoms with Crippen LogP contribution in [-0.4, -0.2) is 38.4 Å². The van der Waals surface area contributed by atoms with Gasteiger partial charge in [-0.1, -0.05) is 46.8 Å². The molecule has 1 aliphatic rings. The highest BCUT2D eigenvalue weighted by molar-refractivity contribution is 7.89. The molecule has 1 heterocycles. The number of benzene rings is 1. The molecule has 1 aliphatic heterocycles. The van der Waals surface area contributed by atoms with Crippen LogP contribution in [0.15, 0.2) is 29.2 Å². The highest BCUT2D eigenvalue weighted by Gasteiger charge is 2.32. The van der Waals surface area contributed by atoms with Crippen molar-refractivity contribution in [1.82, 2.24) is 9.62 Å². The number of nitrogens with zero attached hydrogens (tertiary/aromatic N) is 1. The van der Waals surface area contributed by atoms with Crippen molar-refractivity contribution in [2.75, 3.05) is 13.1 Å². The topological polar surface area (TPSA) is 66.5 Å². The van der Waals surface area contributed by atoms with Crippen molar-refractivity contribution in [3.8, 4) is 0 Å². The summed E-state index contributed by atoms with van der Waals surface area (Å²) in [6.07, 6.45) is 3.09. The summed E-state index contributed by atoms with van der Waals surface area (Å²) in [6.45, 7) is 11.4. The SMILES string of the molecule is CC(C)[C@H](NS(=O)(=O)c1ccc(C(C)(C)C)cc1)C(=O)N1CCCCC1. The molecule has 0 saturated carbocycles. The Kier molecular flexibility index (Phi) is 6.51. The molecule has 1 amide bonds. The van der Waals surface area contributed by atoms with Gasteiger partial charge in [0.15, 0.2) is 0 Å². The van der Waals surface area contributed by atoms with E-state index in [1.54, 1.807) is 17.0 Å². The van der Waals surface area contributed by atoms with Gasteiger partial charge < -0.3 is 4.90 Å². The van der Waals surface area contributed by atoms with Gasteiger partial charge in [-0.15, -0.1) is 0 Å². The molecule has 26 heavy (non-hydrogen) atoms. The summed E-state index contributed by atoms with van der Waals surface area (Å²) in [7, 11) is -3.75. The van der Waals surface area contributed by atoms with Gasteiger partial charge in [0.05, 0.1) is 4.90 Å². The van der Waals surface area contributed by atoms with Crippen LogP contribution in [0, 0.1) is 5.92 Å². The predicted molar refractivity (Wildman–Crippen MR) is 105 cm³/mol. The maximum absolute atomic E-state index is 12.8. The number of piperidine rings is 1. The first kappa shape index (κ1) is 20.9. The van der Waals surface area contributed by atoms with Crippen molar-refractivity contribution in [2.45, 2.75) is 70.2 Å². The zero-order valence-corrected chi connectivity index (χ0v) is 17.4. The molecule has 0 bridgehead atoms. The second-order valence-electron chi connectivity index (χ2n) is 8.50. The molecule has 1 fully saturated rings. The van der Waals surface area contributed by atoms with Gasteiger partial charge in [0, 0.05) is 13.1 Å². The Labute approximate surface area is 158 Å². The van der Waals surface area contributed by atoms with E-state index in [0.717, 1.165) is 24.8 Å². The largest absolute Gasteiger partial charge is 0.341 e. The Morgan fingerprint density at radius 2 is 1.58 bits per heavy atom. The fourth-order valence-corrected chi connectivity index (χ4v) is 4.49. The van der Waals surface area contributed by atoms with Gasteiger partial charge in [-0.05, 0) is 48.3 Å². The minimum Gasteiger partial charge on any atom is -0.341 e. The molecular weight excluding hydrogens is 348 g/mol. The molecule has 1 N–H and O–H groups in total. The molecule has 1 atom stereocenters. The van der Waals surface area contributed by atoms with E-state index in [2.05, 4.69) is 25.5 Å². The monoisotopic (exact) mass is 380 g/mol. The summed E-state index contributed by atoms with van der Waals surface area (Å²) >= 11 is 0. The van der Waals surface area contributed by atoms with Gasteiger partial charge in [-0.3, -0.25) is 4.79 Å². The molecule has 5 nitrogen and oxygen atoms in total. The minimum absolute atomic E-state index is 0.0413. The van der Waals surface area contributed by atoms with E-state index in [1.165, 1.54) is 0 Å². The summed E-state index contributed by atoms with van der Waals surface area (Å²) in [5.41, 5.74) is 1.03. The van der Waals surface area contributed by atoms with Crippen molar-refractivity contribution in [3.05, 3.63) is 29.8 Å². The molecule has 1 saturated heterocycles. The minimum atomic E-state index is -3.75. The fourth-order valence-electron chi connectivity index (χ4n) is 3.15. The molecule has 0 radical (unpaired) electrons. The Morgan fingerprint density at radius 1 is 1.04 bits per heavy atom. The van der Waals surface area contributed by atoms with Crippen LogP contribution < -0.4 is 4.72 Å². The zero-order chi connectivity index (χ0) is 19.5. The number of rotatable bonds is 5. The van der Waals surface area contributed by atoms with E-state index in [-0.39, 0.29) is 22.1 Å². The highest BCUT2D eigenvalue weighted by atomic mass is 32.2.